The number of rotatable bonds is 2. The van der Waals surface area contributed by atoms with Crippen LogP contribution in [0.15, 0.2) is 44.0 Å². The first kappa shape index (κ1) is 8.77. The molecule has 0 saturated heterocycles. The van der Waals surface area contributed by atoms with Gasteiger partial charge in [0.15, 0.2) is 11.5 Å². The van der Waals surface area contributed by atoms with Crippen molar-refractivity contribution in [1.82, 2.24) is 0 Å². The van der Waals surface area contributed by atoms with Crippen LogP contribution in [0.2, 0.25) is 0 Å². The quantitative estimate of drug-likeness (QED) is 0.780. The maximum atomic E-state index is 10.8. The fourth-order valence-corrected chi connectivity index (χ4v) is 1.22. The van der Waals surface area contributed by atoms with Crippen molar-refractivity contribution in [2.24, 2.45) is 0 Å². The van der Waals surface area contributed by atoms with Crippen LogP contribution in [0.1, 0.15) is 5.76 Å². The van der Waals surface area contributed by atoms with Gasteiger partial charge in [0.25, 0.3) is 0 Å². The van der Waals surface area contributed by atoms with E-state index in [0.29, 0.717) is 5.56 Å². The molecule has 72 valence electrons. The normalized spacial score (nSPS) is 10.4. The van der Waals surface area contributed by atoms with Gasteiger partial charge in [-0.1, -0.05) is 30.3 Å². The summed E-state index contributed by atoms with van der Waals surface area (Å²) in [6.45, 7) is -0.351. The molecule has 0 spiro atoms. The van der Waals surface area contributed by atoms with E-state index in [0.717, 1.165) is 0 Å². The molecule has 14 heavy (non-hydrogen) atoms. The molecule has 1 aromatic carbocycles. The molecule has 0 aliphatic rings. The molecule has 0 aliphatic heterocycles. The largest absolute Gasteiger partial charge is 0.519 e. The first-order valence-corrected chi connectivity index (χ1v) is 4.10. The maximum Gasteiger partial charge on any atom is 0.519 e. The average Bonchev–Trinajstić information content (AvgIpc) is 2.61. The van der Waals surface area contributed by atoms with E-state index in [4.69, 9.17) is 9.52 Å². The molecule has 0 atom stereocenters. The highest BCUT2D eigenvalue weighted by atomic mass is 16.6. The summed E-state index contributed by atoms with van der Waals surface area (Å²) >= 11 is 0. The standard InChI is InChI=1S/C10H8O4/c11-6-8-9(14-10(12)13-8)7-4-2-1-3-5-7/h1-5,11H,6H2. The Kier molecular flexibility index (Phi) is 2.20. The molecule has 1 N–H and O–H groups in total. The van der Waals surface area contributed by atoms with Gasteiger partial charge in [0.1, 0.15) is 6.61 Å². The lowest BCUT2D eigenvalue weighted by molar-refractivity contribution is 0.241. The van der Waals surface area contributed by atoms with Gasteiger partial charge in [-0.25, -0.2) is 4.79 Å². The second-order valence-corrected chi connectivity index (χ2v) is 2.73. The van der Waals surface area contributed by atoms with Gasteiger partial charge in [-0.3, -0.25) is 0 Å². The van der Waals surface area contributed by atoms with E-state index in [9.17, 15) is 4.79 Å². The van der Waals surface area contributed by atoms with Crippen LogP contribution in [-0.4, -0.2) is 5.11 Å². The van der Waals surface area contributed by atoms with Crippen LogP contribution < -0.4 is 5.82 Å². The summed E-state index contributed by atoms with van der Waals surface area (Å²) in [5, 5.41) is 8.90. The Labute approximate surface area is 79.4 Å². The summed E-state index contributed by atoms with van der Waals surface area (Å²) in [5.74, 6) is -0.354. The zero-order valence-electron chi connectivity index (χ0n) is 7.27. The lowest BCUT2D eigenvalue weighted by Crippen LogP contribution is -1.86. The van der Waals surface area contributed by atoms with Gasteiger partial charge in [0.2, 0.25) is 0 Å². The van der Waals surface area contributed by atoms with Crippen molar-refractivity contribution in [3.63, 3.8) is 0 Å². The van der Waals surface area contributed by atoms with Gasteiger partial charge in [0.05, 0.1) is 0 Å². The van der Waals surface area contributed by atoms with Crippen LogP contribution in [0.5, 0.6) is 0 Å². The predicted molar refractivity (Wildman–Crippen MR) is 48.6 cm³/mol. The van der Waals surface area contributed by atoms with E-state index in [2.05, 4.69) is 4.42 Å². The van der Waals surface area contributed by atoms with Crippen LogP contribution in [0.3, 0.4) is 0 Å². The van der Waals surface area contributed by atoms with Crippen molar-refractivity contribution in [2.75, 3.05) is 0 Å². The Balaban J connectivity index is 2.56. The van der Waals surface area contributed by atoms with E-state index < -0.39 is 5.82 Å². The SMILES string of the molecule is O=c1oc(CO)c(-c2ccccc2)o1. The van der Waals surface area contributed by atoms with Crippen molar-refractivity contribution in [3.05, 3.63) is 46.7 Å². The van der Waals surface area contributed by atoms with Crippen molar-refractivity contribution < 1.29 is 13.9 Å². The van der Waals surface area contributed by atoms with E-state index in [1.165, 1.54) is 0 Å². The van der Waals surface area contributed by atoms with E-state index >= 15 is 0 Å². The lowest BCUT2D eigenvalue weighted by atomic mass is 10.1. The minimum absolute atomic E-state index is 0.154. The highest BCUT2D eigenvalue weighted by Gasteiger charge is 2.12. The number of hydrogen-bond donors (Lipinski definition) is 1. The number of hydrogen-bond acceptors (Lipinski definition) is 4. The molecule has 4 heteroatoms. The van der Waals surface area contributed by atoms with E-state index in [1.54, 1.807) is 12.1 Å². The Bertz CT molecular complexity index is 466. The molecule has 0 unspecified atom stereocenters. The average molecular weight is 192 g/mol. The Morgan fingerprint density at radius 2 is 1.86 bits per heavy atom. The monoisotopic (exact) mass is 192 g/mol. The van der Waals surface area contributed by atoms with Gasteiger partial charge in [-0.05, 0) is 0 Å². The minimum atomic E-state index is -0.798. The summed E-state index contributed by atoms with van der Waals surface area (Å²) in [6, 6.07) is 9.01. The molecule has 0 aliphatic carbocycles. The van der Waals surface area contributed by atoms with Gasteiger partial charge in [0, 0.05) is 5.56 Å². The molecule has 0 bridgehead atoms. The molecule has 1 heterocycles. The molecule has 4 nitrogen and oxygen atoms in total. The fourth-order valence-electron chi connectivity index (χ4n) is 1.22. The van der Waals surface area contributed by atoms with Crippen LogP contribution in [0.4, 0.5) is 0 Å². The third kappa shape index (κ3) is 1.47. The van der Waals surface area contributed by atoms with E-state index in [1.807, 2.05) is 18.2 Å². The van der Waals surface area contributed by atoms with Gasteiger partial charge in [-0.15, -0.1) is 0 Å². The van der Waals surface area contributed by atoms with Gasteiger partial charge >= 0.3 is 5.82 Å². The Hall–Kier alpha value is -1.81. The maximum absolute atomic E-state index is 10.8. The van der Waals surface area contributed by atoms with Crippen molar-refractivity contribution >= 4 is 0 Å². The summed E-state index contributed by atoms with van der Waals surface area (Å²) in [5.41, 5.74) is 0.711. The third-order valence-electron chi connectivity index (χ3n) is 1.82. The van der Waals surface area contributed by atoms with Crippen LogP contribution >= 0.6 is 0 Å². The first-order valence-electron chi connectivity index (χ1n) is 4.10. The second-order valence-electron chi connectivity index (χ2n) is 2.73. The Morgan fingerprint density at radius 3 is 2.50 bits per heavy atom. The highest BCUT2D eigenvalue weighted by molar-refractivity contribution is 5.58. The van der Waals surface area contributed by atoms with Crippen molar-refractivity contribution in [2.45, 2.75) is 6.61 Å². The van der Waals surface area contributed by atoms with Crippen LogP contribution in [0.25, 0.3) is 11.3 Å². The molecule has 0 radical (unpaired) electrons. The molecular formula is C10H8O4. The molecule has 0 saturated carbocycles. The first-order chi connectivity index (χ1) is 6.81. The van der Waals surface area contributed by atoms with Crippen molar-refractivity contribution in [1.29, 1.82) is 0 Å². The third-order valence-corrected chi connectivity index (χ3v) is 1.82. The second kappa shape index (κ2) is 3.51. The molecule has 2 aromatic rings. The minimum Gasteiger partial charge on any atom is -0.393 e. The van der Waals surface area contributed by atoms with Crippen LogP contribution in [0, 0.1) is 0 Å². The topological polar surface area (TPSA) is 63.6 Å². The highest BCUT2D eigenvalue weighted by Crippen LogP contribution is 2.22. The molecule has 0 fully saturated rings. The molecule has 0 amide bonds. The molecule has 1 aromatic heterocycles. The van der Waals surface area contributed by atoms with Crippen molar-refractivity contribution in [3.8, 4) is 11.3 Å². The summed E-state index contributed by atoms with van der Waals surface area (Å²) < 4.78 is 9.46. The summed E-state index contributed by atoms with van der Waals surface area (Å²) in [7, 11) is 0. The number of benzene rings is 1. The van der Waals surface area contributed by atoms with Gasteiger partial charge < -0.3 is 13.9 Å². The van der Waals surface area contributed by atoms with Gasteiger partial charge in [-0.2, -0.15) is 0 Å². The fraction of sp³-hybridized carbons (Fsp3) is 0.100. The number of aliphatic hydroxyl groups excluding tert-OH is 1. The number of aliphatic hydroxyl groups is 1. The van der Waals surface area contributed by atoms with E-state index in [-0.39, 0.29) is 18.1 Å². The van der Waals surface area contributed by atoms with Crippen LogP contribution in [-0.2, 0) is 6.61 Å². The summed E-state index contributed by atoms with van der Waals surface area (Å²) in [4.78, 5) is 10.8. The molecular weight excluding hydrogens is 184 g/mol. The molecule has 2 rings (SSSR count). The Morgan fingerprint density at radius 1 is 1.14 bits per heavy atom. The zero-order valence-corrected chi connectivity index (χ0v) is 7.27. The lowest BCUT2D eigenvalue weighted by Gasteiger charge is -1.95. The predicted octanol–water partition coefficient (Wildman–Crippen LogP) is 1.39. The summed E-state index contributed by atoms with van der Waals surface area (Å²) in [6.07, 6.45) is 0. The smallest absolute Gasteiger partial charge is 0.393 e. The zero-order chi connectivity index (χ0) is 9.97.